The van der Waals surface area contributed by atoms with Crippen LogP contribution in [-0.4, -0.2) is 52.3 Å². The first-order valence-electron chi connectivity index (χ1n) is 19.3. The van der Waals surface area contributed by atoms with Crippen molar-refractivity contribution in [1.82, 2.24) is 0 Å². The highest BCUT2D eigenvalue weighted by molar-refractivity contribution is 7.46. The van der Waals surface area contributed by atoms with Gasteiger partial charge in [-0.15, -0.1) is 0 Å². The van der Waals surface area contributed by atoms with Crippen LogP contribution in [0.25, 0.3) is 0 Å². The summed E-state index contributed by atoms with van der Waals surface area (Å²) in [6, 6.07) is 0. The van der Waals surface area contributed by atoms with Gasteiger partial charge < -0.3 is 24.4 Å². The van der Waals surface area contributed by atoms with E-state index in [0.29, 0.717) is 32.1 Å². The number of allylic oxidation sites excluding steroid dienone is 17. The van der Waals surface area contributed by atoms with Gasteiger partial charge in [0.15, 0.2) is 6.10 Å². The third-order valence-corrected chi connectivity index (χ3v) is 7.82. The Morgan fingerprint density at radius 2 is 1.00 bits per heavy atom. The normalized spacial score (nSPS) is 14.3. The second kappa shape index (κ2) is 37.0. The summed E-state index contributed by atoms with van der Waals surface area (Å²) in [5, 5.41) is 9.70. The number of hydrogen-bond donors (Lipinski definition) is 3. The Morgan fingerprint density at radius 3 is 1.43 bits per heavy atom. The third kappa shape index (κ3) is 39.7. The van der Waals surface area contributed by atoms with Crippen molar-refractivity contribution in [2.24, 2.45) is 0 Å². The fraction of sp³-hybridized carbons (Fsp3) is 0.535. The van der Waals surface area contributed by atoms with Crippen molar-refractivity contribution in [3.05, 3.63) is 109 Å². The lowest BCUT2D eigenvalue weighted by Gasteiger charge is -2.18. The molecule has 0 aromatic rings. The number of aliphatic hydroxyl groups excluding tert-OH is 1. The minimum Gasteiger partial charge on any atom is -0.462 e. The first kappa shape index (κ1) is 49.7. The Hall–Kier alpha value is -3.33. The molecule has 0 aromatic carbocycles. The van der Waals surface area contributed by atoms with Crippen molar-refractivity contribution in [1.29, 1.82) is 0 Å². The summed E-state index contributed by atoms with van der Waals surface area (Å²) in [7, 11) is -4.80. The van der Waals surface area contributed by atoms with Gasteiger partial charge in [0.05, 0.1) is 12.7 Å². The topological polar surface area (TPSA) is 140 Å². The van der Waals surface area contributed by atoms with Crippen LogP contribution in [-0.2, 0) is 28.2 Å². The van der Waals surface area contributed by atoms with Crippen molar-refractivity contribution in [2.45, 2.75) is 135 Å². The van der Waals surface area contributed by atoms with E-state index in [0.717, 1.165) is 64.2 Å². The van der Waals surface area contributed by atoms with Crippen LogP contribution in [0.3, 0.4) is 0 Å². The molecule has 0 fully saturated rings. The molecule has 1 unspecified atom stereocenters. The molecule has 0 aliphatic heterocycles. The molecule has 0 bridgehead atoms. The molecule has 0 amide bonds. The van der Waals surface area contributed by atoms with Gasteiger partial charge in [-0.05, 0) is 89.9 Å². The zero-order valence-corrected chi connectivity index (χ0v) is 33.1. The third-order valence-electron chi connectivity index (χ3n) is 7.33. The lowest BCUT2D eigenvalue weighted by Crippen LogP contribution is -2.29. The van der Waals surface area contributed by atoms with Crippen LogP contribution in [0.2, 0.25) is 0 Å². The molecule has 0 saturated carbocycles. The van der Waals surface area contributed by atoms with Crippen LogP contribution in [0.4, 0.5) is 0 Å². The van der Waals surface area contributed by atoms with Crippen LogP contribution in [0, 0.1) is 0 Å². The van der Waals surface area contributed by atoms with Crippen molar-refractivity contribution >= 4 is 19.8 Å². The number of rotatable bonds is 33. The van der Waals surface area contributed by atoms with E-state index in [-0.39, 0.29) is 25.6 Å². The number of phosphoric ester groups is 1. The van der Waals surface area contributed by atoms with E-state index in [9.17, 15) is 19.3 Å². The fourth-order valence-electron chi connectivity index (χ4n) is 4.53. The number of hydrogen-bond acceptors (Lipinski definition) is 7. The molecule has 0 aliphatic carbocycles. The second-order valence-electron chi connectivity index (χ2n) is 12.3. The maximum absolute atomic E-state index is 12.4. The summed E-state index contributed by atoms with van der Waals surface area (Å²) in [4.78, 5) is 42.7. The van der Waals surface area contributed by atoms with Crippen LogP contribution >= 0.6 is 7.82 Å². The lowest BCUT2D eigenvalue weighted by molar-refractivity contribution is -0.161. The monoisotopic (exact) mass is 758 g/mol. The van der Waals surface area contributed by atoms with Crippen molar-refractivity contribution in [3.63, 3.8) is 0 Å². The minimum absolute atomic E-state index is 0.102. The first-order chi connectivity index (χ1) is 25.7. The number of carbonyl (C=O) groups is 2. The minimum atomic E-state index is -4.80. The van der Waals surface area contributed by atoms with E-state index in [1.165, 1.54) is 0 Å². The highest BCUT2D eigenvalue weighted by Crippen LogP contribution is 2.35. The molecule has 0 aliphatic rings. The quantitative estimate of drug-likeness (QED) is 0.0258. The predicted molar refractivity (Wildman–Crippen MR) is 217 cm³/mol. The maximum atomic E-state index is 12.4. The molecule has 10 heteroatoms. The number of ether oxygens (including phenoxy) is 2. The van der Waals surface area contributed by atoms with Gasteiger partial charge in [-0.2, -0.15) is 0 Å². The van der Waals surface area contributed by atoms with Gasteiger partial charge in [-0.25, -0.2) is 4.57 Å². The van der Waals surface area contributed by atoms with Crippen molar-refractivity contribution < 1.29 is 43.0 Å². The van der Waals surface area contributed by atoms with Crippen LogP contribution in [0.15, 0.2) is 109 Å². The van der Waals surface area contributed by atoms with E-state index in [1.54, 1.807) is 0 Å². The molecule has 0 spiro atoms. The Bertz CT molecular complexity index is 1230. The van der Waals surface area contributed by atoms with Gasteiger partial charge in [-0.1, -0.05) is 130 Å². The maximum Gasteiger partial charge on any atom is 0.469 e. The molecule has 0 heterocycles. The zero-order chi connectivity index (χ0) is 39.1. The lowest BCUT2D eigenvalue weighted by atomic mass is 10.1. The number of unbranched alkanes of at least 4 members (excludes halogenated alkanes) is 2. The van der Waals surface area contributed by atoms with Gasteiger partial charge in [0.1, 0.15) is 6.61 Å². The molecule has 0 aromatic heterocycles. The van der Waals surface area contributed by atoms with E-state index in [2.05, 4.69) is 97.4 Å². The SMILES string of the molecule is CC/C=C\C/C=C\C/C=C\C/C=C\C/C=C\CCCC(=O)OC[C@H](COP(=O)(O)O)OC(=O)CCC/C=C\C/C=C\C/C=C\C/C=C\CC(O)CCC. The van der Waals surface area contributed by atoms with Crippen LogP contribution in [0.1, 0.15) is 123 Å². The van der Waals surface area contributed by atoms with Gasteiger partial charge in [0.2, 0.25) is 0 Å². The Morgan fingerprint density at radius 1 is 0.585 bits per heavy atom. The van der Waals surface area contributed by atoms with Crippen LogP contribution < -0.4 is 0 Å². The molecular weight excluding hydrogens is 691 g/mol. The summed E-state index contributed by atoms with van der Waals surface area (Å²) >= 11 is 0. The van der Waals surface area contributed by atoms with Gasteiger partial charge in [0, 0.05) is 12.8 Å². The molecule has 0 radical (unpaired) electrons. The molecule has 2 atom stereocenters. The zero-order valence-electron chi connectivity index (χ0n) is 32.2. The smallest absolute Gasteiger partial charge is 0.462 e. The number of esters is 2. The molecule has 0 rings (SSSR count). The molecule has 0 saturated heterocycles. The van der Waals surface area contributed by atoms with E-state index < -0.39 is 32.5 Å². The van der Waals surface area contributed by atoms with E-state index in [1.807, 2.05) is 30.4 Å². The van der Waals surface area contributed by atoms with Crippen molar-refractivity contribution in [2.75, 3.05) is 13.2 Å². The summed E-state index contributed by atoms with van der Waals surface area (Å²) in [5.41, 5.74) is 0. The average molecular weight is 759 g/mol. The van der Waals surface area contributed by atoms with E-state index in [4.69, 9.17) is 19.3 Å². The summed E-state index contributed by atoms with van der Waals surface area (Å²) in [5.74, 6) is -1.05. The van der Waals surface area contributed by atoms with Crippen molar-refractivity contribution in [3.8, 4) is 0 Å². The highest BCUT2D eigenvalue weighted by atomic mass is 31.2. The van der Waals surface area contributed by atoms with Gasteiger partial charge in [-0.3, -0.25) is 14.1 Å². The molecular formula is C43H67O9P. The number of carbonyl (C=O) groups excluding carboxylic acids is 2. The molecule has 53 heavy (non-hydrogen) atoms. The van der Waals surface area contributed by atoms with E-state index >= 15 is 0 Å². The van der Waals surface area contributed by atoms with Crippen LogP contribution in [0.5, 0.6) is 0 Å². The second-order valence-corrected chi connectivity index (χ2v) is 13.6. The molecule has 298 valence electrons. The Balaban J connectivity index is 4.21. The summed E-state index contributed by atoms with van der Waals surface area (Å²) in [6.07, 6.45) is 48.8. The largest absolute Gasteiger partial charge is 0.469 e. The number of aliphatic hydroxyl groups is 1. The molecule has 9 nitrogen and oxygen atoms in total. The molecule has 3 N–H and O–H groups in total. The summed E-state index contributed by atoms with van der Waals surface area (Å²) in [6.45, 7) is 3.25. The average Bonchev–Trinajstić information content (AvgIpc) is 3.12. The first-order valence-corrected chi connectivity index (χ1v) is 20.8. The highest BCUT2D eigenvalue weighted by Gasteiger charge is 2.22. The summed E-state index contributed by atoms with van der Waals surface area (Å²) < 4.78 is 26.2. The fourth-order valence-corrected chi connectivity index (χ4v) is 4.89. The van der Waals surface area contributed by atoms with Gasteiger partial charge >= 0.3 is 19.8 Å². The Kier molecular flexibility index (Phi) is 34.7. The van der Waals surface area contributed by atoms with Gasteiger partial charge in [0.25, 0.3) is 0 Å². The Labute approximate surface area is 319 Å². The standard InChI is InChI=1S/C43H67O9P/c1-3-5-6-7-8-9-10-11-12-13-14-17-20-23-26-29-32-36-42(45)50-38-41(39-51-53(47,48)49)52-43(46)37-33-30-27-24-21-18-15-16-19-22-25-28-31-35-40(44)34-4-2/h5-6,8-9,11-12,14-15,17-19,22-24,26-28,31,40-41,44H,3-4,7,10,13,16,20-21,25,29-30,32-39H2,1-2H3,(H2,47,48,49)/b6-5-,9-8-,12-11-,17-14-,18-15-,22-19-,26-23-,27-24-,31-28-/t40?,41-/m1/s1. The predicted octanol–water partition coefficient (Wildman–Crippen LogP) is 10.6. The number of phosphoric acid groups is 1.